The molecule has 1 amide bonds. The molecule has 0 fully saturated rings. The zero-order valence-corrected chi connectivity index (χ0v) is 15.1. The molecule has 0 heterocycles. The topological polar surface area (TPSA) is 66.5 Å². The fourth-order valence-electron chi connectivity index (χ4n) is 2.25. The van der Waals surface area contributed by atoms with Crippen molar-refractivity contribution in [2.45, 2.75) is 25.2 Å². The summed E-state index contributed by atoms with van der Waals surface area (Å²) in [6, 6.07) is 12.2. The Hall–Kier alpha value is -2.18. The lowest BCUT2D eigenvalue weighted by Crippen LogP contribution is -2.23. The summed E-state index contributed by atoms with van der Waals surface area (Å²) in [5.41, 5.74) is 2.77. The maximum Gasteiger partial charge on any atom is 0.255 e. The highest BCUT2D eigenvalue weighted by molar-refractivity contribution is 7.89. The summed E-state index contributed by atoms with van der Waals surface area (Å²) in [4.78, 5) is 12.5. The van der Waals surface area contributed by atoms with E-state index in [2.05, 4.69) is 5.32 Å². The Labute approximate surface area is 143 Å². The molecule has 0 atom stereocenters. The van der Waals surface area contributed by atoms with Crippen LogP contribution in [0.25, 0.3) is 0 Å². The second-order valence-electron chi connectivity index (χ2n) is 5.77. The van der Waals surface area contributed by atoms with Gasteiger partial charge in [0.1, 0.15) is 0 Å². The number of amides is 1. The number of nitrogens with zero attached hydrogens (tertiary/aromatic N) is 1. The molecule has 6 heteroatoms. The van der Waals surface area contributed by atoms with Crippen molar-refractivity contribution in [3.63, 3.8) is 0 Å². The van der Waals surface area contributed by atoms with Crippen LogP contribution in [0.1, 0.15) is 28.4 Å². The number of carbonyl (C=O) groups excluding carboxylic acids is 1. The van der Waals surface area contributed by atoms with Crippen LogP contribution in [0.15, 0.2) is 47.4 Å². The SMILES string of the molecule is CCc1ccc(C(=O)Nc2ccc(C)c(S(=O)(=O)N(C)C)c2)cc1. The molecule has 1 N–H and O–H groups in total. The highest BCUT2D eigenvalue weighted by atomic mass is 32.2. The normalized spacial score (nSPS) is 11.5. The Bertz CT molecular complexity index is 841. The lowest BCUT2D eigenvalue weighted by Gasteiger charge is -2.15. The van der Waals surface area contributed by atoms with E-state index < -0.39 is 10.0 Å². The van der Waals surface area contributed by atoms with Crippen molar-refractivity contribution in [1.82, 2.24) is 4.31 Å². The highest BCUT2D eigenvalue weighted by Gasteiger charge is 2.20. The maximum atomic E-state index is 12.3. The molecule has 0 aliphatic heterocycles. The number of hydrogen-bond acceptors (Lipinski definition) is 3. The molecule has 24 heavy (non-hydrogen) atoms. The van der Waals surface area contributed by atoms with Crippen LogP contribution in [0.5, 0.6) is 0 Å². The van der Waals surface area contributed by atoms with E-state index in [0.29, 0.717) is 16.8 Å². The van der Waals surface area contributed by atoms with Gasteiger partial charge in [-0.15, -0.1) is 0 Å². The van der Waals surface area contributed by atoms with Crippen LogP contribution in [0.3, 0.4) is 0 Å². The first-order valence-corrected chi connectivity index (χ1v) is 9.13. The minimum absolute atomic E-state index is 0.187. The number of benzene rings is 2. The van der Waals surface area contributed by atoms with Crippen LogP contribution in [-0.4, -0.2) is 32.7 Å². The highest BCUT2D eigenvalue weighted by Crippen LogP contribution is 2.22. The van der Waals surface area contributed by atoms with Gasteiger partial charge in [-0.1, -0.05) is 25.1 Å². The van der Waals surface area contributed by atoms with Crippen LogP contribution < -0.4 is 5.32 Å². The van der Waals surface area contributed by atoms with E-state index in [0.717, 1.165) is 16.3 Å². The maximum absolute atomic E-state index is 12.3. The summed E-state index contributed by atoms with van der Waals surface area (Å²) >= 11 is 0. The summed E-state index contributed by atoms with van der Waals surface area (Å²) in [7, 11) is -0.595. The van der Waals surface area contributed by atoms with Gasteiger partial charge in [-0.25, -0.2) is 12.7 Å². The number of carbonyl (C=O) groups is 1. The average molecular weight is 346 g/mol. The molecule has 0 spiro atoms. The molecule has 0 aliphatic rings. The summed E-state index contributed by atoms with van der Waals surface area (Å²) in [6.45, 7) is 3.78. The van der Waals surface area contributed by atoms with E-state index in [9.17, 15) is 13.2 Å². The molecule has 2 aromatic carbocycles. The third kappa shape index (κ3) is 3.83. The minimum atomic E-state index is -3.56. The van der Waals surface area contributed by atoms with Gasteiger partial charge in [-0.2, -0.15) is 0 Å². The van der Waals surface area contributed by atoms with E-state index in [1.807, 2.05) is 19.1 Å². The Kier molecular flexibility index (Phi) is 5.41. The van der Waals surface area contributed by atoms with Gasteiger partial charge in [0.25, 0.3) is 5.91 Å². The molecule has 0 saturated carbocycles. The third-order valence-electron chi connectivity index (χ3n) is 3.83. The predicted molar refractivity (Wildman–Crippen MR) is 95.8 cm³/mol. The van der Waals surface area contributed by atoms with Crippen LogP contribution in [0.2, 0.25) is 0 Å². The largest absolute Gasteiger partial charge is 0.322 e. The molecular formula is C18H22N2O3S. The van der Waals surface area contributed by atoms with Crippen LogP contribution in [0.4, 0.5) is 5.69 Å². The quantitative estimate of drug-likeness (QED) is 0.905. The molecule has 0 bridgehead atoms. The second kappa shape index (κ2) is 7.15. The van der Waals surface area contributed by atoms with Gasteiger partial charge < -0.3 is 5.32 Å². The number of rotatable bonds is 5. The number of anilines is 1. The second-order valence-corrected chi connectivity index (χ2v) is 7.89. The summed E-state index contributed by atoms with van der Waals surface area (Å²) in [5, 5.41) is 2.75. The zero-order chi connectivity index (χ0) is 17.9. The molecule has 0 saturated heterocycles. The lowest BCUT2D eigenvalue weighted by molar-refractivity contribution is 0.102. The van der Waals surface area contributed by atoms with E-state index in [1.54, 1.807) is 31.2 Å². The summed E-state index contributed by atoms with van der Waals surface area (Å²) in [5.74, 6) is -0.269. The van der Waals surface area contributed by atoms with Crippen molar-refractivity contribution in [3.8, 4) is 0 Å². The first-order valence-electron chi connectivity index (χ1n) is 7.69. The van der Waals surface area contributed by atoms with Crippen molar-refractivity contribution in [3.05, 3.63) is 59.2 Å². The summed E-state index contributed by atoms with van der Waals surface area (Å²) in [6.07, 6.45) is 0.908. The van der Waals surface area contributed by atoms with Crippen molar-refractivity contribution in [1.29, 1.82) is 0 Å². The standard InChI is InChI=1S/C18H22N2O3S/c1-5-14-7-9-15(10-8-14)18(21)19-16-11-6-13(2)17(12-16)24(22,23)20(3)4/h6-12H,5H2,1-4H3,(H,19,21). The van der Waals surface area contributed by atoms with E-state index >= 15 is 0 Å². The molecule has 0 radical (unpaired) electrons. The molecule has 0 unspecified atom stereocenters. The predicted octanol–water partition coefficient (Wildman–Crippen LogP) is 3.06. The Morgan fingerprint density at radius 2 is 1.71 bits per heavy atom. The van der Waals surface area contributed by atoms with Gasteiger partial charge >= 0.3 is 0 Å². The van der Waals surface area contributed by atoms with Gasteiger partial charge in [0.2, 0.25) is 10.0 Å². The van der Waals surface area contributed by atoms with Gasteiger partial charge in [-0.3, -0.25) is 4.79 Å². The molecule has 0 aliphatic carbocycles. The molecular weight excluding hydrogens is 324 g/mol. The fourth-order valence-corrected chi connectivity index (χ4v) is 3.39. The number of aryl methyl sites for hydroxylation is 2. The number of hydrogen-bond donors (Lipinski definition) is 1. The van der Waals surface area contributed by atoms with Crippen molar-refractivity contribution in [2.24, 2.45) is 0 Å². The van der Waals surface area contributed by atoms with E-state index in [4.69, 9.17) is 0 Å². The van der Waals surface area contributed by atoms with Crippen molar-refractivity contribution in [2.75, 3.05) is 19.4 Å². The number of sulfonamides is 1. The van der Waals surface area contributed by atoms with Gasteiger partial charge in [0, 0.05) is 25.3 Å². The minimum Gasteiger partial charge on any atom is -0.322 e. The smallest absolute Gasteiger partial charge is 0.255 e. The lowest BCUT2D eigenvalue weighted by atomic mass is 10.1. The van der Waals surface area contributed by atoms with Gasteiger partial charge in [0.05, 0.1) is 4.90 Å². The van der Waals surface area contributed by atoms with E-state index in [1.165, 1.54) is 20.2 Å². The van der Waals surface area contributed by atoms with E-state index in [-0.39, 0.29) is 10.8 Å². The first-order chi connectivity index (χ1) is 11.3. The fraction of sp³-hybridized carbons (Fsp3) is 0.278. The Balaban J connectivity index is 2.28. The van der Waals surface area contributed by atoms with Gasteiger partial charge in [0.15, 0.2) is 0 Å². The first kappa shape index (κ1) is 18.2. The summed E-state index contributed by atoms with van der Waals surface area (Å²) < 4.78 is 25.8. The van der Waals surface area contributed by atoms with Gasteiger partial charge in [-0.05, 0) is 48.7 Å². The number of nitrogens with one attached hydrogen (secondary N) is 1. The Morgan fingerprint density at radius 3 is 2.25 bits per heavy atom. The van der Waals surface area contributed by atoms with Crippen LogP contribution in [-0.2, 0) is 16.4 Å². The monoisotopic (exact) mass is 346 g/mol. The molecule has 2 aromatic rings. The zero-order valence-electron chi connectivity index (χ0n) is 14.3. The van der Waals surface area contributed by atoms with Crippen LogP contribution >= 0.6 is 0 Å². The van der Waals surface area contributed by atoms with Crippen molar-refractivity contribution >= 4 is 21.6 Å². The molecule has 128 valence electrons. The van der Waals surface area contributed by atoms with Crippen molar-refractivity contribution < 1.29 is 13.2 Å². The molecule has 5 nitrogen and oxygen atoms in total. The Morgan fingerprint density at radius 1 is 1.08 bits per heavy atom. The van der Waals surface area contributed by atoms with Crippen LogP contribution in [0, 0.1) is 6.92 Å². The third-order valence-corrected chi connectivity index (χ3v) is 5.79. The average Bonchev–Trinajstić information content (AvgIpc) is 2.56. The molecule has 0 aromatic heterocycles. The molecule has 2 rings (SSSR count).